The summed E-state index contributed by atoms with van der Waals surface area (Å²) >= 11 is 5.21. The molecule has 0 unspecified atom stereocenters. The zero-order valence-corrected chi connectivity index (χ0v) is 13.9. The smallest absolute Gasteiger partial charge is 0.387 e. The number of hydrogen-bond donors (Lipinski definition) is 2. The molecular weight excluding hydrogens is 322 g/mol. The van der Waals surface area contributed by atoms with E-state index in [0.29, 0.717) is 17.3 Å². The molecule has 0 fully saturated rings. The van der Waals surface area contributed by atoms with Gasteiger partial charge in [-0.3, -0.25) is 4.68 Å². The Kier molecular flexibility index (Phi) is 5.49. The summed E-state index contributed by atoms with van der Waals surface area (Å²) in [5.74, 6) is 0.0473. The molecule has 2 rings (SSSR count). The van der Waals surface area contributed by atoms with E-state index in [1.165, 1.54) is 6.07 Å². The first-order valence-corrected chi connectivity index (χ1v) is 7.36. The van der Waals surface area contributed by atoms with Crippen LogP contribution in [0.4, 0.5) is 14.5 Å². The van der Waals surface area contributed by atoms with Gasteiger partial charge in [-0.05, 0) is 49.8 Å². The van der Waals surface area contributed by atoms with E-state index in [1.54, 1.807) is 16.8 Å². The Bertz CT molecular complexity index is 703. The third-order valence-corrected chi connectivity index (χ3v) is 3.37. The minimum absolute atomic E-state index is 0.0473. The van der Waals surface area contributed by atoms with Crippen LogP contribution in [0.25, 0.3) is 0 Å². The highest BCUT2D eigenvalue weighted by Gasteiger charge is 2.11. The average Bonchev–Trinajstić information content (AvgIpc) is 2.77. The summed E-state index contributed by atoms with van der Waals surface area (Å²) in [6.07, 6.45) is 0. The molecule has 2 N–H and O–H groups in total. The van der Waals surface area contributed by atoms with Crippen molar-refractivity contribution in [3.63, 3.8) is 0 Å². The molecule has 0 radical (unpaired) electrons. The van der Waals surface area contributed by atoms with E-state index in [0.717, 1.165) is 17.0 Å². The van der Waals surface area contributed by atoms with Crippen LogP contribution in [0.5, 0.6) is 5.75 Å². The minimum atomic E-state index is -2.89. The predicted octanol–water partition coefficient (Wildman–Crippen LogP) is 3.12. The summed E-state index contributed by atoms with van der Waals surface area (Å²) in [7, 11) is 1.84. The molecule has 0 saturated heterocycles. The molecule has 23 heavy (non-hydrogen) atoms. The SMILES string of the molecule is Cc1ccc(OC(F)F)c(NC(=S)NCc2cc(C)nn2C)c1. The van der Waals surface area contributed by atoms with Crippen LogP contribution in [0.1, 0.15) is 17.0 Å². The van der Waals surface area contributed by atoms with Crippen LogP contribution in [0, 0.1) is 13.8 Å². The summed E-state index contributed by atoms with van der Waals surface area (Å²) in [6.45, 7) is 1.34. The molecule has 8 heteroatoms. The highest BCUT2D eigenvalue weighted by atomic mass is 32.1. The molecule has 1 aromatic heterocycles. The molecule has 0 saturated carbocycles. The third kappa shape index (κ3) is 4.88. The lowest BCUT2D eigenvalue weighted by Crippen LogP contribution is -2.29. The van der Waals surface area contributed by atoms with Gasteiger partial charge >= 0.3 is 6.61 Å². The van der Waals surface area contributed by atoms with Gasteiger partial charge in [0.15, 0.2) is 5.11 Å². The van der Waals surface area contributed by atoms with Crippen molar-refractivity contribution in [3.05, 3.63) is 41.2 Å². The lowest BCUT2D eigenvalue weighted by atomic mass is 10.2. The summed E-state index contributed by atoms with van der Waals surface area (Å²) < 4.78 is 31.1. The molecule has 2 aromatic rings. The highest BCUT2D eigenvalue weighted by molar-refractivity contribution is 7.80. The molecule has 0 atom stereocenters. The number of nitrogens with one attached hydrogen (secondary N) is 2. The van der Waals surface area contributed by atoms with E-state index in [2.05, 4.69) is 20.5 Å². The predicted molar refractivity (Wildman–Crippen MR) is 88.8 cm³/mol. The van der Waals surface area contributed by atoms with Gasteiger partial charge in [0.1, 0.15) is 5.75 Å². The van der Waals surface area contributed by atoms with Gasteiger partial charge in [0, 0.05) is 7.05 Å². The number of thiocarbonyl (C=S) groups is 1. The Morgan fingerprint density at radius 1 is 1.35 bits per heavy atom. The number of hydrogen-bond acceptors (Lipinski definition) is 3. The maximum absolute atomic E-state index is 12.4. The van der Waals surface area contributed by atoms with Crippen molar-refractivity contribution < 1.29 is 13.5 Å². The normalized spacial score (nSPS) is 10.7. The van der Waals surface area contributed by atoms with Crippen LogP contribution < -0.4 is 15.4 Å². The third-order valence-electron chi connectivity index (χ3n) is 3.13. The van der Waals surface area contributed by atoms with Crippen LogP contribution in [0.3, 0.4) is 0 Å². The first-order chi connectivity index (χ1) is 10.8. The summed E-state index contributed by atoms with van der Waals surface area (Å²) in [6, 6.07) is 6.81. The van der Waals surface area contributed by atoms with E-state index in [9.17, 15) is 8.78 Å². The monoisotopic (exact) mass is 340 g/mol. The zero-order chi connectivity index (χ0) is 17.0. The van der Waals surface area contributed by atoms with Crippen molar-refractivity contribution in [1.29, 1.82) is 0 Å². The molecule has 1 heterocycles. The topological polar surface area (TPSA) is 51.1 Å². The van der Waals surface area contributed by atoms with E-state index in [4.69, 9.17) is 12.2 Å². The van der Waals surface area contributed by atoms with Gasteiger partial charge in [0.25, 0.3) is 0 Å². The molecule has 0 aliphatic heterocycles. The highest BCUT2D eigenvalue weighted by Crippen LogP contribution is 2.27. The number of halogens is 2. The van der Waals surface area contributed by atoms with Gasteiger partial charge < -0.3 is 15.4 Å². The van der Waals surface area contributed by atoms with Crippen molar-refractivity contribution in [2.75, 3.05) is 5.32 Å². The van der Waals surface area contributed by atoms with E-state index in [1.807, 2.05) is 27.0 Å². The fourth-order valence-electron chi connectivity index (χ4n) is 2.11. The van der Waals surface area contributed by atoms with Crippen LogP contribution in [-0.4, -0.2) is 21.5 Å². The largest absolute Gasteiger partial charge is 0.433 e. The lowest BCUT2D eigenvalue weighted by Gasteiger charge is -2.15. The van der Waals surface area contributed by atoms with Gasteiger partial charge in [0.2, 0.25) is 0 Å². The number of alkyl halides is 2. The van der Waals surface area contributed by atoms with Gasteiger partial charge in [-0.1, -0.05) is 6.07 Å². The van der Waals surface area contributed by atoms with E-state index < -0.39 is 6.61 Å². The first-order valence-electron chi connectivity index (χ1n) is 6.95. The second-order valence-electron chi connectivity index (χ2n) is 5.09. The maximum atomic E-state index is 12.4. The van der Waals surface area contributed by atoms with Crippen LogP contribution in [-0.2, 0) is 13.6 Å². The van der Waals surface area contributed by atoms with Crippen molar-refractivity contribution in [2.24, 2.45) is 7.05 Å². The molecule has 1 aromatic carbocycles. The Hall–Kier alpha value is -2.22. The van der Waals surface area contributed by atoms with Crippen LogP contribution in [0.15, 0.2) is 24.3 Å². The molecule has 0 aliphatic carbocycles. The summed E-state index contributed by atoms with van der Waals surface area (Å²) in [4.78, 5) is 0. The zero-order valence-electron chi connectivity index (χ0n) is 13.1. The maximum Gasteiger partial charge on any atom is 0.387 e. The Labute approximate surface area is 138 Å². The molecule has 5 nitrogen and oxygen atoms in total. The van der Waals surface area contributed by atoms with Crippen LogP contribution in [0.2, 0.25) is 0 Å². The first kappa shape index (κ1) is 17.1. The fourth-order valence-corrected chi connectivity index (χ4v) is 2.29. The van der Waals surface area contributed by atoms with Crippen molar-refractivity contribution in [1.82, 2.24) is 15.1 Å². The van der Waals surface area contributed by atoms with Crippen molar-refractivity contribution in [3.8, 4) is 5.75 Å². The Morgan fingerprint density at radius 3 is 2.70 bits per heavy atom. The minimum Gasteiger partial charge on any atom is -0.433 e. The van der Waals surface area contributed by atoms with Crippen molar-refractivity contribution in [2.45, 2.75) is 27.0 Å². The molecule has 0 amide bonds. The van der Waals surface area contributed by atoms with E-state index in [-0.39, 0.29) is 5.75 Å². The molecule has 0 aliphatic rings. The number of aryl methyl sites for hydroxylation is 3. The second-order valence-corrected chi connectivity index (χ2v) is 5.49. The number of rotatable bonds is 5. The molecule has 0 bridgehead atoms. The second kappa shape index (κ2) is 7.36. The molecule has 124 valence electrons. The average molecular weight is 340 g/mol. The number of benzene rings is 1. The lowest BCUT2D eigenvalue weighted by molar-refractivity contribution is -0.0493. The van der Waals surface area contributed by atoms with Crippen LogP contribution >= 0.6 is 12.2 Å². The summed E-state index contributed by atoms with van der Waals surface area (Å²) in [5.41, 5.74) is 3.16. The van der Waals surface area contributed by atoms with Gasteiger partial charge in [-0.25, -0.2) is 0 Å². The summed E-state index contributed by atoms with van der Waals surface area (Å²) in [5, 5.41) is 10.5. The van der Waals surface area contributed by atoms with E-state index >= 15 is 0 Å². The van der Waals surface area contributed by atoms with Gasteiger partial charge in [-0.2, -0.15) is 13.9 Å². The van der Waals surface area contributed by atoms with Gasteiger partial charge in [0.05, 0.1) is 23.6 Å². The number of nitrogens with zero attached hydrogens (tertiary/aromatic N) is 2. The van der Waals surface area contributed by atoms with Crippen molar-refractivity contribution >= 4 is 23.0 Å². The fraction of sp³-hybridized carbons (Fsp3) is 0.333. The quantitative estimate of drug-likeness (QED) is 0.819. The Balaban J connectivity index is 2.02. The number of aromatic nitrogens is 2. The van der Waals surface area contributed by atoms with Gasteiger partial charge in [-0.15, -0.1) is 0 Å². The number of anilines is 1. The standard InChI is InChI=1S/C15H18F2N4OS/c1-9-4-5-13(22-14(16)17)12(6-9)19-15(23)18-8-11-7-10(2)20-21(11)3/h4-7,14H,8H2,1-3H3,(H2,18,19,23). The number of ether oxygens (including phenoxy) is 1. The molecular formula is C15H18F2N4OS. The Morgan fingerprint density at radius 2 is 2.09 bits per heavy atom. The molecule has 0 spiro atoms.